The number of amides is 1. The molecule has 0 saturated carbocycles. The standard InChI is InChI=1S/C15H18BrN5OS.ClH/c16-11-3-8-23-13(11)15(22)20-5-1-10(2-6-20)14-19-18-12-9-17-4-7-21(12)14;/h3,8,10,17H,1-2,4-7,9H2;1H. The lowest BCUT2D eigenvalue weighted by Gasteiger charge is -2.32. The lowest BCUT2D eigenvalue weighted by molar-refractivity contribution is 0.0714. The van der Waals surface area contributed by atoms with E-state index in [9.17, 15) is 4.79 Å². The average Bonchev–Trinajstić information content (AvgIpc) is 3.20. The van der Waals surface area contributed by atoms with Crippen molar-refractivity contribution in [2.45, 2.75) is 31.8 Å². The van der Waals surface area contributed by atoms with Crippen LogP contribution in [0.1, 0.15) is 40.1 Å². The third kappa shape index (κ3) is 3.24. The monoisotopic (exact) mass is 431 g/mol. The number of carbonyl (C=O) groups is 1. The number of nitrogens with one attached hydrogen (secondary N) is 1. The van der Waals surface area contributed by atoms with Crippen molar-refractivity contribution in [3.63, 3.8) is 0 Å². The second kappa shape index (κ2) is 7.51. The van der Waals surface area contributed by atoms with E-state index in [4.69, 9.17) is 0 Å². The molecule has 1 fully saturated rings. The van der Waals surface area contributed by atoms with Crippen molar-refractivity contribution in [3.8, 4) is 0 Å². The van der Waals surface area contributed by atoms with Crippen LogP contribution in [0, 0.1) is 0 Å². The molecular weight excluding hydrogens is 414 g/mol. The van der Waals surface area contributed by atoms with E-state index in [0.717, 1.165) is 66.6 Å². The number of fused-ring (bicyclic) bond motifs is 1. The molecule has 1 amide bonds. The zero-order chi connectivity index (χ0) is 15.8. The SMILES string of the molecule is Cl.O=C(c1sccc1Br)N1CCC(c2nnc3n2CCNC3)CC1. The van der Waals surface area contributed by atoms with Crippen LogP contribution in [0.3, 0.4) is 0 Å². The molecule has 1 saturated heterocycles. The second-order valence-corrected chi connectivity index (χ2v) is 7.74. The van der Waals surface area contributed by atoms with E-state index in [-0.39, 0.29) is 18.3 Å². The van der Waals surface area contributed by atoms with Crippen LogP contribution in [-0.4, -0.2) is 45.2 Å². The first-order valence-electron chi connectivity index (χ1n) is 7.89. The number of likely N-dealkylation sites (tertiary alicyclic amines) is 1. The van der Waals surface area contributed by atoms with Crippen molar-refractivity contribution >= 4 is 45.6 Å². The molecule has 0 spiro atoms. The summed E-state index contributed by atoms with van der Waals surface area (Å²) >= 11 is 4.95. The summed E-state index contributed by atoms with van der Waals surface area (Å²) in [6.07, 6.45) is 1.92. The van der Waals surface area contributed by atoms with Gasteiger partial charge in [0.15, 0.2) is 0 Å². The molecule has 2 aromatic heterocycles. The Labute approximate surface area is 159 Å². The van der Waals surface area contributed by atoms with Gasteiger partial charge in [0, 0.05) is 36.6 Å². The van der Waals surface area contributed by atoms with E-state index in [1.54, 1.807) is 0 Å². The topological polar surface area (TPSA) is 63.1 Å². The van der Waals surface area contributed by atoms with Crippen molar-refractivity contribution in [1.29, 1.82) is 0 Å². The van der Waals surface area contributed by atoms with Gasteiger partial charge in [0.1, 0.15) is 16.5 Å². The number of piperidine rings is 1. The molecule has 0 unspecified atom stereocenters. The smallest absolute Gasteiger partial charge is 0.265 e. The minimum Gasteiger partial charge on any atom is -0.338 e. The van der Waals surface area contributed by atoms with Crippen LogP contribution in [-0.2, 0) is 13.1 Å². The van der Waals surface area contributed by atoms with Gasteiger partial charge in [0.2, 0.25) is 0 Å². The predicted molar refractivity (Wildman–Crippen MR) is 98.9 cm³/mol. The van der Waals surface area contributed by atoms with E-state index < -0.39 is 0 Å². The van der Waals surface area contributed by atoms with Crippen LogP contribution in [0.25, 0.3) is 0 Å². The lowest BCUT2D eigenvalue weighted by Crippen LogP contribution is -2.38. The Morgan fingerprint density at radius 2 is 2.08 bits per heavy atom. The Balaban J connectivity index is 0.00000169. The summed E-state index contributed by atoms with van der Waals surface area (Å²) in [6, 6.07) is 1.93. The van der Waals surface area contributed by atoms with Crippen LogP contribution in [0.15, 0.2) is 15.9 Å². The number of halogens is 2. The summed E-state index contributed by atoms with van der Waals surface area (Å²) < 4.78 is 3.16. The van der Waals surface area contributed by atoms with Crippen LogP contribution >= 0.6 is 39.7 Å². The van der Waals surface area contributed by atoms with Crippen LogP contribution in [0.5, 0.6) is 0 Å². The van der Waals surface area contributed by atoms with Crippen molar-refractivity contribution in [3.05, 3.63) is 32.4 Å². The second-order valence-electron chi connectivity index (χ2n) is 5.97. The van der Waals surface area contributed by atoms with Crippen molar-refractivity contribution in [2.24, 2.45) is 0 Å². The predicted octanol–water partition coefficient (Wildman–Crippen LogP) is 2.65. The van der Waals surface area contributed by atoms with Gasteiger partial charge in [0.25, 0.3) is 5.91 Å². The Kier molecular flexibility index (Phi) is 5.59. The molecule has 130 valence electrons. The van der Waals surface area contributed by atoms with Crippen LogP contribution in [0.2, 0.25) is 0 Å². The average molecular weight is 433 g/mol. The molecule has 4 heterocycles. The number of aromatic nitrogens is 3. The first kappa shape index (κ1) is 17.8. The third-order valence-corrected chi connectivity index (χ3v) is 6.44. The fourth-order valence-electron chi connectivity index (χ4n) is 3.35. The Hall–Kier alpha value is -0.960. The number of thiophene rings is 1. The Morgan fingerprint density at radius 3 is 2.79 bits per heavy atom. The maximum Gasteiger partial charge on any atom is 0.265 e. The van der Waals surface area contributed by atoms with Gasteiger partial charge in [-0.15, -0.1) is 33.9 Å². The summed E-state index contributed by atoms with van der Waals surface area (Å²) in [6.45, 7) is 4.29. The van der Waals surface area contributed by atoms with Gasteiger partial charge in [-0.2, -0.15) is 0 Å². The maximum atomic E-state index is 12.6. The highest BCUT2D eigenvalue weighted by Gasteiger charge is 2.29. The van der Waals surface area contributed by atoms with E-state index in [0.29, 0.717) is 5.92 Å². The molecule has 0 aromatic carbocycles. The zero-order valence-corrected chi connectivity index (χ0v) is 16.3. The number of rotatable bonds is 2. The largest absolute Gasteiger partial charge is 0.338 e. The summed E-state index contributed by atoms with van der Waals surface area (Å²) in [4.78, 5) is 15.3. The first-order chi connectivity index (χ1) is 11.2. The fourth-order valence-corrected chi connectivity index (χ4v) is 4.86. The number of hydrogen-bond donors (Lipinski definition) is 1. The van der Waals surface area contributed by atoms with Crippen molar-refractivity contribution in [2.75, 3.05) is 19.6 Å². The van der Waals surface area contributed by atoms with Gasteiger partial charge < -0.3 is 14.8 Å². The quantitative estimate of drug-likeness (QED) is 0.792. The van der Waals surface area contributed by atoms with E-state index >= 15 is 0 Å². The zero-order valence-electron chi connectivity index (χ0n) is 13.1. The summed E-state index contributed by atoms with van der Waals surface area (Å²) in [5.41, 5.74) is 0. The molecule has 0 radical (unpaired) electrons. The molecule has 0 bridgehead atoms. The summed E-state index contributed by atoms with van der Waals surface area (Å²) in [5.74, 6) is 2.68. The molecule has 9 heteroatoms. The van der Waals surface area contributed by atoms with Gasteiger partial charge in [0.05, 0.1) is 6.54 Å². The highest BCUT2D eigenvalue weighted by Crippen LogP contribution is 2.30. The van der Waals surface area contributed by atoms with Gasteiger partial charge in [-0.3, -0.25) is 4.79 Å². The minimum absolute atomic E-state index is 0. The first-order valence-corrected chi connectivity index (χ1v) is 9.56. The molecule has 2 aliphatic heterocycles. The van der Waals surface area contributed by atoms with Gasteiger partial charge in [-0.1, -0.05) is 0 Å². The fraction of sp³-hybridized carbons (Fsp3) is 0.533. The normalized spacial score (nSPS) is 18.1. The van der Waals surface area contributed by atoms with Gasteiger partial charge >= 0.3 is 0 Å². The summed E-state index contributed by atoms with van der Waals surface area (Å²) in [7, 11) is 0. The maximum absolute atomic E-state index is 12.6. The number of hydrogen-bond acceptors (Lipinski definition) is 5. The minimum atomic E-state index is 0. The van der Waals surface area contributed by atoms with E-state index in [1.165, 1.54) is 11.3 Å². The molecule has 6 nitrogen and oxygen atoms in total. The van der Waals surface area contributed by atoms with Crippen molar-refractivity contribution < 1.29 is 4.79 Å². The molecule has 2 aliphatic rings. The number of carbonyl (C=O) groups excluding carboxylic acids is 1. The van der Waals surface area contributed by atoms with Crippen molar-refractivity contribution in [1.82, 2.24) is 25.0 Å². The van der Waals surface area contributed by atoms with Crippen LogP contribution in [0.4, 0.5) is 0 Å². The molecule has 24 heavy (non-hydrogen) atoms. The third-order valence-electron chi connectivity index (χ3n) is 4.61. The van der Waals surface area contributed by atoms with Gasteiger partial charge in [-0.25, -0.2) is 0 Å². The number of nitrogens with zero attached hydrogens (tertiary/aromatic N) is 4. The molecule has 0 aliphatic carbocycles. The highest BCUT2D eigenvalue weighted by molar-refractivity contribution is 9.10. The van der Waals surface area contributed by atoms with E-state index in [1.807, 2.05) is 16.3 Å². The molecule has 0 atom stereocenters. The van der Waals surface area contributed by atoms with Gasteiger partial charge in [-0.05, 0) is 40.2 Å². The molecular formula is C15H19BrClN5OS. The lowest BCUT2D eigenvalue weighted by atomic mass is 9.95. The molecule has 4 rings (SSSR count). The Morgan fingerprint density at radius 1 is 1.29 bits per heavy atom. The highest BCUT2D eigenvalue weighted by atomic mass is 79.9. The molecule has 2 aromatic rings. The van der Waals surface area contributed by atoms with E-state index in [2.05, 4.69) is 36.0 Å². The summed E-state index contributed by atoms with van der Waals surface area (Å²) in [5, 5.41) is 14.0. The molecule has 1 N–H and O–H groups in total. The Bertz CT molecular complexity index is 725. The van der Waals surface area contributed by atoms with Crippen LogP contribution < -0.4 is 5.32 Å².